The van der Waals surface area contributed by atoms with Gasteiger partial charge >= 0.3 is 5.97 Å². The summed E-state index contributed by atoms with van der Waals surface area (Å²) in [6.45, 7) is 6.50. The van der Waals surface area contributed by atoms with Gasteiger partial charge in [-0.15, -0.1) is 0 Å². The zero-order chi connectivity index (χ0) is 48.1. The minimum absolute atomic E-state index is 0.0783. The molecule has 3 N–H and O–H groups in total. The van der Waals surface area contributed by atoms with Crippen LogP contribution in [0.3, 0.4) is 0 Å². The van der Waals surface area contributed by atoms with E-state index in [1.165, 1.54) is 212 Å². The van der Waals surface area contributed by atoms with Gasteiger partial charge in [0.05, 0.1) is 25.2 Å². The highest BCUT2D eigenvalue weighted by atomic mass is 16.5. The van der Waals surface area contributed by atoms with Gasteiger partial charge in [0.25, 0.3) is 0 Å². The van der Waals surface area contributed by atoms with E-state index in [1.54, 1.807) is 0 Å². The van der Waals surface area contributed by atoms with Crippen molar-refractivity contribution in [2.45, 2.75) is 341 Å². The number of allylic oxidation sites excluding steroid dienone is 4. The van der Waals surface area contributed by atoms with Gasteiger partial charge in [0, 0.05) is 6.42 Å². The van der Waals surface area contributed by atoms with Gasteiger partial charge in [-0.1, -0.05) is 276 Å². The van der Waals surface area contributed by atoms with E-state index < -0.39 is 18.2 Å². The molecule has 0 aliphatic heterocycles. The molecule has 66 heavy (non-hydrogen) atoms. The quantitative estimate of drug-likeness (QED) is 0.0321. The van der Waals surface area contributed by atoms with Crippen LogP contribution in [0.5, 0.6) is 0 Å². The average Bonchev–Trinajstić information content (AvgIpc) is 3.31. The summed E-state index contributed by atoms with van der Waals surface area (Å²) in [5.41, 5.74) is 0. The summed E-state index contributed by atoms with van der Waals surface area (Å²) in [5, 5.41) is 23.9. The Morgan fingerprint density at radius 1 is 0.439 bits per heavy atom. The van der Waals surface area contributed by atoms with Crippen LogP contribution in [0.4, 0.5) is 0 Å². The van der Waals surface area contributed by atoms with E-state index in [-0.39, 0.29) is 24.9 Å². The molecular weight excluding hydrogens is 815 g/mol. The Kier molecular flexibility index (Phi) is 52.9. The van der Waals surface area contributed by atoms with E-state index in [0.717, 1.165) is 64.2 Å². The first-order valence-electron chi connectivity index (χ1n) is 29.6. The summed E-state index contributed by atoms with van der Waals surface area (Å²) in [7, 11) is 0. The number of aliphatic hydroxyl groups excluding tert-OH is 2. The summed E-state index contributed by atoms with van der Waals surface area (Å²) in [4.78, 5) is 26.3. The Morgan fingerprint density at radius 3 is 1.18 bits per heavy atom. The lowest BCUT2D eigenvalue weighted by molar-refractivity contribution is -0.151. The summed E-state index contributed by atoms with van der Waals surface area (Å²) in [6.07, 6.45) is 63.8. The molecule has 0 radical (unpaired) electrons. The van der Waals surface area contributed by atoms with E-state index in [9.17, 15) is 19.8 Å². The normalized spacial score (nSPS) is 13.2. The van der Waals surface area contributed by atoms with Crippen molar-refractivity contribution in [1.29, 1.82) is 0 Å². The molecule has 3 atom stereocenters. The zero-order valence-electron chi connectivity index (χ0n) is 44.6. The maximum Gasteiger partial charge on any atom is 0.306 e. The number of unbranched alkanes of at least 4 members (excludes halogenated alkanes) is 38. The molecule has 0 aromatic carbocycles. The van der Waals surface area contributed by atoms with Crippen molar-refractivity contribution in [2.24, 2.45) is 0 Å². The second kappa shape index (κ2) is 54.3. The van der Waals surface area contributed by atoms with Crippen LogP contribution in [-0.2, 0) is 14.3 Å². The Balaban J connectivity index is 4.54. The highest BCUT2D eigenvalue weighted by Gasteiger charge is 2.24. The monoisotopic (exact) mass is 930 g/mol. The number of carbonyl (C=O) groups excluding carboxylic acids is 2. The molecular formula is C60H115NO5. The molecule has 0 aromatic heterocycles. The van der Waals surface area contributed by atoms with E-state index >= 15 is 0 Å². The van der Waals surface area contributed by atoms with Crippen LogP contribution < -0.4 is 5.32 Å². The second-order valence-corrected chi connectivity index (χ2v) is 20.4. The Hall–Kier alpha value is -1.66. The number of esters is 1. The summed E-state index contributed by atoms with van der Waals surface area (Å²) in [6, 6.07) is -0.700. The standard InChI is InChI=1S/C60H115NO5/c1-4-7-10-13-16-19-22-25-28-30-31-33-36-39-42-45-48-51-56(66-60(65)53-50-47-44-41-38-35-32-29-26-23-20-17-14-11-8-5-2)54-59(64)61-57(55-62)58(63)52-49-46-43-40-37-34-27-24-21-18-15-12-9-6-3/h16,19,25,28,56-58,62-63H,4-15,17-18,20-24,26-27,29-55H2,1-3H3,(H,61,64)/b19-16-,28-25-. The lowest BCUT2D eigenvalue weighted by atomic mass is 10.0. The maximum atomic E-state index is 13.3. The van der Waals surface area contributed by atoms with Crippen LogP contribution in [0.2, 0.25) is 0 Å². The number of ether oxygens (including phenoxy) is 1. The van der Waals surface area contributed by atoms with Crippen LogP contribution in [-0.4, -0.2) is 46.9 Å². The number of carbonyl (C=O) groups is 2. The number of nitrogens with one attached hydrogen (secondary N) is 1. The van der Waals surface area contributed by atoms with Gasteiger partial charge in [0.2, 0.25) is 5.91 Å². The lowest BCUT2D eigenvalue weighted by Crippen LogP contribution is -2.46. The molecule has 0 aliphatic rings. The van der Waals surface area contributed by atoms with Gasteiger partial charge < -0.3 is 20.3 Å². The van der Waals surface area contributed by atoms with Crippen molar-refractivity contribution in [2.75, 3.05) is 6.61 Å². The minimum atomic E-state index is -0.787. The van der Waals surface area contributed by atoms with Gasteiger partial charge in [-0.3, -0.25) is 9.59 Å². The van der Waals surface area contributed by atoms with E-state index in [4.69, 9.17) is 4.74 Å². The predicted octanol–water partition coefficient (Wildman–Crippen LogP) is 18.2. The average molecular weight is 931 g/mol. The predicted molar refractivity (Wildman–Crippen MR) is 287 cm³/mol. The van der Waals surface area contributed by atoms with Gasteiger partial charge in [0.15, 0.2) is 0 Å². The molecule has 0 spiro atoms. The SMILES string of the molecule is CCCCC/C=C\C/C=C\CCCCCCCCCC(CC(=O)NC(CO)C(O)CCCCCCCCCCCCCCCC)OC(=O)CCCCCCCCCCCCCCCCCC. The molecule has 1 amide bonds. The molecule has 0 heterocycles. The largest absolute Gasteiger partial charge is 0.462 e. The fourth-order valence-electron chi connectivity index (χ4n) is 9.29. The van der Waals surface area contributed by atoms with Crippen LogP contribution in [0.1, 0.15) is 323 Å². The van der Waals surface area contributed by atoms with Gasteiger partial charge in [-0.05, 0) is 57.8 Å². The number of amides is 1. The first-order chi connectivity index (χ1) is 32.5. The van der Waals surface area contributed by atoms with Gasteiger partial charge in [0.1, 0.15) is 6.10 Å². The molecule has 3 unspecified atom stereocenters. The van der Waals surface area contributed by atoms with E-state index in [1.807, 2.05) is 0 Å². The zero-order valence-corrected chi connectivity index (χ0v) is 44.6. The fourth-order valence-corrected chi connectivity index (χ4v) is 9.29. The van der Waals surface area contributed by atoms with Crippen LogP contribution >= 0.6 is 0 Å². The van der Waals surface area contributed by atoms with Crippen LogP contribution in [0, 0.1) is 0 Å². The highest BCUT2D eigenvalue weighted by molar-refractivity contribution is 5.77. The second-order valence-electron chi connectivity index (χ2n) is 20.4. The summed E-state index contributed by atoms with van der Waals surface area (Å²) in [5.74, 6) is -0.460. The molecule has 0 fully saturated rings. The van der Waals surface area contributed by atoms with Gasteiger partial charge in [-0.2, -0.15) is 0 Å². The smallest absolute Gasteiger partial charge is 0.306 e. The maximum absolute atomic E-state index is 13.3. The molecule has 0 bridgehead atoms. The highest BCUT2D eigenvalue weighted by Crippen LogP contribution is 2.19. The molecule has 0 aliphatic carbocycles. The fraction of sp³-hybridized carbons (Fsp3) is 0.900. The summed E-state index contributed by atoms with van der Waals surface area (Å²) < 4.78 is 5.97. The van der Waals surface area contributed by atoms with Crippen molar-refractivity contribution in [3.05, 3.63) is 24.3 Å². The van der Waals surface area contributed by atoms with Crippen molar-refractivity contribution < 1.29 is 24.5 Å². The Morgan fingerprint density at radius 2 is 0.773 bits per heavy atom. The first kappa shape index (κ1) is 64.3. The number of aliphatic hydroxyl groups is 2. The molecule has 0 aromatic rings. The van der Waals surface area contributed by atoms with E-state index in [0.29, 0.717) is 19.3 Å². The minimum Gasteiger partial charge on any atom is -0.462 e. The third kappa shape index (κ3) is 48.8. The number of rotatable bonds is 54. The van der Waals surface area contributed by atoms with E-state index in [2.05, 4.69) is 50.4 Å². The van der Waals surface area contributed by atoms with Crippen molar-refractivity contribution in [3.63, 3.8) is 0 Å². The molecule has 0 saturated carbocycles. The Bertz CT molecular complexity index is 1040. The van der Waals surface area contributed by atoms with Gasteiger partial charge in [-0.25, -0.2) is 0 Å². The van der Waals surface area contributed by atoms with Crippen molar-refractivity contribution in [1.82, 2.24) is 5.32 Å². The number of hydrogen-bond donors (Lipinski definition) is 3. The topological polar surface area (TPSA) is 95.9 Å². The first-order valence-corrected chi connectivity index (χ1v) is 29.6. The van der Waals surface area contributed by atoms with Crippen molar-refractivity contribution >= 4 is 11.9 Å². The molecule has 0 saturated heterocycles. The van der Waals surface area contributed by atoms with Crippen molar-refractivity contribution in [3.8, 4) is 0 Å². The summed E-state index contributed by atoms with van der Waals surface area (Å²) >= 11 is 0. The molecule has 6 heteroatoms. The molecule has 0 rings (SSSR count). The molecule has 6 nitrogen and oxygen atoms in total. The number of hydrogen-bond acceptors (Lipinski definition) is 5. The van der Waals surface area contributed by atoms with Crippen LogP contribution in [0.25, 0.3) is 0 Å². The third-order valence-electron chi connectivity index (χ3n) is 13.8. The third-order valence-corrected chi connectivity index (χ3v) is 13.8. The van der Waals surface area contributed by atoms with Crippen LogP contribution in [0.15, 0.2) is 24.3 Å². The molecule has 390 valence electrons. The lowest BCUT2D eigenvalue weighted by Gasteiger charge is -2.24. The Labute approximate surface area is 411 Å².